The Bertz CT molecular complexity index is 835. The summed E-state index contributed by atoms with van der Waals surface area (Å²) in [6.07, 6.45) is 7.63. The molecule has 1 atom stereocenters. The van der Waals surface area contributed by atoms with Crippen LogP contribution in [0.5, 0.6) is 0 Å². The highest BCUT2D eigenvalue weighted by atomic mass is 16.3. The molecular weight excluding hydrogens is 290 g/mol. The second kappa shape index (κ2) is 5.57. The van der Waals surface area contributed by atoms with Crippen LogP contribution in [0.4, 0.5) is 0 Å². The first-order chi connectivity index (χ1) is 11.2. The molecule has 4 rings (SSSR count). The SMILES string of the molecule is Cc1c(C(=O)N2CCCC(n3ccnc3)C2)oc2ccccc12. The van der Waals surface area contributed by atoms with E-state index in [1.54, 1.807) is 6.20 Å². The summed E-state index contributed by atoms with van der Waals surface area (Å²) < 4.78 is 7.92. The van der Waals surface area contributed by atoms with Crippen molar-refractivity contribution < 1.29 is 9.21 Å². The molecule has 1 unspecified atom stereocenters. The topological polar surface area (TPSA) is 51.3 Å². The number of imidazole rings is 1. The first kappa shape index (κ1) is 14.1. The van der Waals surface area contributed by atoms with Crippen LogP contribution in [0.1, 0.15) is 35.0 Å². The second-order valence-electron chi connectivity index (χ2n) is 6.11. The molecule has 1 aliphatic heterocycles. The van der Waals surface area contributed by atoms with Crippen LogP contribution in [0.2, 0.25) is 0 Å². The molecule has 0 N–H and O–H groups in total. The molecule has 1 saturated heterocycles. The third kappa shape index (κ3) is 2.42. The van der Waals surface area contributed by atoms with E-state index in [1.807, 2.05) is 48.6 Å². The van der Waals surface area contributed by atoms with E-state index in [1.165, 1.54) is 0 Å². The number of carbonyl (C=O) groups excluding carboxylic acids is 1. The molecule has 5 heteroatoms. The van der Waals surface area contributed by atoms with Gasteiger partial charge in [-0.2, -0.15) is 0 Å². The number of furan rings is 1. The van der Waals surface area contributed by atoms with Gasteiger partial charge in [-0.3, -0.25) is 4.79 Å². The summed E-state index contributed by atoms with van der Waals surface area (Å²) in [5, 5.41) is 1.01. The van der Waals surface area contributed by atoms with E-state index in [0.717, 1.165) is 35.9 Å². The van der Waals surface area contributed by atoms with Crippen molar-refractivity contribution in [3.05, 3.63) is 54.3 Å². The lowest BCUT2D eigenvalue weighted by Crippen LogP contribution is -2.40. The summed E-state index contributed by atoms with van der Waals surface area (Å²) in [6.45, 7) is 3.43. The molecule has 1 aliphatic rings. The number of carbonyl (C=O) groups is 1. The number of piperidine rings is 1. The molecule has 1 fully saturated rings. The molecule has 0 bridgehead atoms. The van der Waals surface area contributed by atoms with Crippen molar-refractivity contribution in [3.63, 3.8) is 0 Å². The summed E-state index contributed by atoms with van der Waals surface area (Å²) in [5.74, 6) is 0.459. The number of benzene rings is 1. The van der Waals surface area contributed by atoms with Gasteiger partial charge in [-0.05, 0) is 25.8 Å². The third-order valence-electron chi connectivity index (χ3n) is 4.67. The molecule has 0 radical (unpaired) electrons. The Balaban J connectivity index is 1.61. The van der Waals surface area contributed by atoms with Crippen molar-refractivity contribution in [2.24, 2.45) is 0 Å². The highest BCUT2D eigenvalue weighted by molar-refractivity contribution is 5.98. The van der Waals surface area contributed by atoms with Gasteiger partial charge < -0.3 is 13.9 Å². The minimum atomic E-state index is -0.0106. The molecule has 1 amide bonds. The van der Waals surface area contributed by atoms with E-state index in [0.29, 0.717) is 18.3 Å². The van der Waals surface area contributed by atoms with Crippen molar-refractivity contribution in [3.8, 4) is 0 Å². The van der Waals surface area contributed by atoms with Crippen LogP contribution in [-0.2, 0) is 0 Å². The molecule has 1 aromatic carbocycles. The first-order valence-electron chi connectivity index (χ1n) is 7.99. The Morgan fingerprint density at radius 3 is 3.00 bits per heavy atom. The lowest BCUT2D eigenvalue weighted by atomic mass is 10.0. The van der Waals surface area contributed by atoms with Gasteiger partial charge in [0.15, 0.2) is 5.76 Å². The number of hydrogen-bond acceptors (Lipinski definition) is 3. The van der Waals surface area contributed by atoms with E-state index in [2.05, 4.69) is 9.55 Å². The van der Waals surface area contributed by atoms with E-state index in [-0.39, 0.29) is 5.91 Å². The molecule has 23 heavy (non-hydrogen) atoms. The number of nitrogens with zero attached hydrogens (tertiary/aromatic N) is 3. The fraction of sp³-hybridized carbons (Fsp3) is 0.333. The fourth-order valence-electron chi connectivity index (χ4n) is 3.39. The Kier molecular flexibility index (Phi) is 3.41. The van der Waals surface area contributed by atoms with Crippen molar-refractivity contribution in [1.82, 2.24) is 14.5 Å². The van der Waals surface area contributed by atoms with Gasteiger partial charge in [0.2, 0.25) is 0 Å². The Labute approximate surface area is 134 Å². The lowest BCUT2D eigenvalue weighted by molar-refractivity contribution is 0.0648. The number of aryl methyl sites for hydroxylation is 1. The summed E-state index contributed by atoms with van der Waals surface area (Å²) in [6, 6.07) is 8.09. The number of aromatic nitrogens is 2. The number of amides is 1. The zero-order valence-corrected chi connectivity index (χ0v) is 13.1. The first-order valence-corrected chi connectivity index (χ1v) is 7.99. The maximum atomic E-state index is 12.9. The van der Waals surface area contributed by atoms with Crippen LogP contribution in [0.25, 0.3) is 11.0 Å². The molecule has 5 nitrogen and oxygen atoms in total. The van der Waals surface area contributed by atoms with Gasteiger partial charge in [0.1, 0.15) is 5.58 Å². The van der Waals surface area contributed by atoms with Crippen molar-refractivity contribution in [1.29, 1.82) is 0 Å². The molecule has 0 saturated carbocycles. The van der Waals surface area contributed by atoms with E-state index < -0.39 is 0 Å². The maximum absolute atomic E-state index is 12.9. The van der Waals surface area contributed by atoms with Gasteiger partial charge in [0.05, 0.1) is 12.4 Å². The van der Waals surface area contributed by atoms with Gasteiger partial charge in [-0.15, -0.1) is 0 Å². The monoisotopic (exact) mass is 309 g/mol. The van der Waals surface area contributed by atoms with Crippen molar-refractivity contribution in [2.45, 2.75) is 25.8 Å². The molecule has 3 heterocycles. The van der Waals surface area contributed by atoms with E-state index >= 15 is 0 Å². The van der Waals surface area contributed by atoms with Crippen molar-refractivity contribution in [2.75, 3.05) is 13.1 Å². The number of fused-ring (bicyclic) bond motifs is 1. The van der Waals surface area contributed by atoms with Gasteiger partial charge in [-0.1, -0.05) is 18.2 Å². The molecule has 0 spiro atoms. The molecule has 0 aliphatic carbocycles. The minimum Gasteiger partial charge on any atom is -0.451 e. The predicted octanol–water partition coefficient (Wildman–Crippen LogP) is 3.42. The van der Waals surface area contributed by atoms with E-state index in [4.69, 9.17) is 4.42 Å². The van der Waals surface area contributed by atoms with Crippen LogP contribution in [0, 0.1) is 6.92 Å². The minimum absolute atomic E-state index is 0.0106. The summed E-state index contributed by atoms with van der Waals surface area (Å²) in [4.78, 5) is 18.9. The molecule has 3 aromatic rings. The highest BCUT2D eigenvalue weighted by Crippen LogP contribution is 2.28. The molecule has 118 valence electrons. The van der Waals surface area contributed by atoms with Gasteiger partial charge >= 0.3 is 0 Å². The predicted molar refractivity (Wildman–Crippen MR) is 87.4 cm³/mol. The number of hydrogen-bond donors (Lipinski definition) is 0. The number of rotatable bonds is 2. The van der Waals surface area contributed by atoms with Gasteiger partial charge in [0.25, 0.3) is 5.91 Å². The van der Waals surface area contributed by atoms with Crippen molar-refractivity contribution >= 4 is 16.9 Å². The highest BCUT2D eigenvalue weighted by Gasteiger charge is 2.28. The molecular formula is C18H19N3O2. The zero-order chi connectivity index (χ0) is 15.8. The number of para-hydroxylation sites is 1. The Morgan fingerprint density at radius 2 is 2.22 bits per heavy atom. The summed E-state index contributed by atoms with van der Waals surface area (Å²) in [5.41, 5.74) is 1.70. The summed E-state index contributed by atoms with van der Waals surface area (Å²) in [7, 11) is 0. The Hall–Kier alpha value is -2.56. The standard InChI is InChI=1S/C18H19N3O2/c1-13-15-6-2-3-7-16(15)23-17(13)18(22)20-9-4-5-14(11-20)21-10-8-19-12-21/h2-3,6-8,10,12,14H,4-5,9,11H2,1H3. The lowest BCUT2D eigenvalue weighted by Gasteiger charge is -2.33. The second-order valence-corrected chi connectivity index (χ2v) is 6.11. The van der Waals surface area contributed by atoms with Crippen LogP contribution < -0.4 is 0 Å². The van der Waals surface area contributed by atoms with Crippen LogP contribution in [-0.4, -0.2) is 33.4 Å². The quantitative estimate of drug-likeness (QED) is 0.729. The van der Waals surface area contributed by atoms with Gasteiger partial charge in [0, 0.05) is 36.4 Å². The van der Waals surface area contributed by atoms with Crippen LogP contribution in [0.3, 0.4) is 0 Å². The number of likely N-dealkylation sites (tertiary alicyclic amines) is 1. The molecule has 2 aromatic heterocycles. The maximum Gasteiger partial charge on any atom is 0.289 e. The van der Waals surface area contributed by atoms with E-state index in [9.17, 15) is 4.79 Å². The average Bonchev–Trinajstić information content (AvgIpc) is 3.23. The largest absolute Gasteiger partial charge is 0.451 e. The van der Waals surface area contributed by atoms with Crippen LogP contribution >= 0.6 is 0 Å². The summed E-state index contributed by atoms with van der Waals surface area (Å²) >= 11 is 0. The third-order valence-corrected chi connectivity index (χ3v) is 4.67. The normalized spacial score (nSPS) is 18.5. The smallest absolute Gasteiger partial charge is 0.289 e. The van der Waals surface area contributed by atoms with Crippen LogP contribution in [0.15, 0.2) is 47.4 Å². The fourth-order valence-corrected chi connectivity index (χ4v) is 3.39. The zero-order valence-electron chi connectivity index (χ0n) is 13.1. The average molecular weight is 309 g/mol. The Morgan fingerprint density at radius 1 is 1.35 bits per heavy atom. The van der Waals surface area contributed by atoms with Gasteiger partial charge in [-0.25, -0.2) is 4.98 Å².